The number of carbonyl (C=O) groups is 1. The van der Waals surface area contributed by atoms with Gasteiger partial charge in [-0.3, -0.25) is 19.8 Å². The van der Waals surface area contributed by atoms with Crippen LogP contribution in [0.25, 0.3) is 0 Å². The van der Waals surface area contributed by atoms with Gasteiger partial charge in [-0.1, -0.05) is 12.1 Å². The highest BCUT2D eigenvalue weighted by Crippen LogP contribution is 2.33. The van der Waals surface area contributed by atoms with Crippen LogP contribution in [0, 0.1) is 15.5 Å². The monoisotopic (exact) mass is 356 g/mol. The maximum absolute atomic E-state index is 11.4. The second-order valence-electron chi connectivity index (χ2n) is 5.69. The van der Waals surface area contributed by atoms with Gasteiger partial charge < -0.3 is 5.11 Å². The normalized spacial score (nSPS) is 23.0. The average Bonchev–Trinajstić information content (AvgIpc) is 2.41. The van der Waals surface area contributed by atoms with E-state index < -0.39 is 16.3 Å². The predicted octanol–water partition coefficient (Wildman–Crippen LogP) is 3.04. The van der Waals surface area contributed by atoms with Crippen molar-refractivity contribution in [2.75, 3.05) is 13.1 Å². The average molecular weight is 357 g/mol. The van der Waals surface area contributed by atoms with Crippen molar-refractivity contribution in [1.29, 1.82) is 0 Å². The van der Waals surface area contributed by atoms with Gasteiger partial charge >= 0.3 is 5.97 Å². The Morgan fingerprint density at radius 3 is 2.90 bits per heavy atom. The summed E-state index contributed by atoms with van der Waals surface area (Å²) in [7, 11) is 0. The fraction of sp³-hybridized carbons (Fsp3) is 0.500. The molecule has 0 aliphatic carbocycles. The van der Waals surface area contributed by atoms with Gasteiger partial charge in [0.25, 0.3) is 5.69 Å². The summed E-state index contributed by atoms with van der Waals surface area (Å²) in [6.07, 6.45) is 1.48. The first kappa shape index (κ1) is 15.9. The number of hydrogen-bond acceptors (Lipinski definition) is 4. The number of piperidine rings is 1. The van der Waals surface area contributed by atoms with Gasteiger partial charge in [-0.05, 0) is 47.8 Å². The molecule has 1 unspecified atom stereocenters. The number of nitro groups is 1. The summed E-state index contributed by atoms with van der Waals surface area (Å²) in [5, 5.41) is 20.3. The molecule has 2 rings (SSSR count). The third-order valence-corrected chi connectivity index (χ3v) is 4.86. The summed E-state index contributed by atoms with van der Waals surface area (Å²) in [4.78, 5) is 23.9. The van der Waals surface area contributed by atoms with Crippen LogP contribution in [0.5, 0.6) is 0 Å². The number of nitro benzene ring substituents is 1. The van der Waals surface area contributed by atoms with E-state index in [1.54, 1.807) is 13.0 Å². The molecule has 1 aliphatic rings. The van der Waals surface area contributed by atoms with Gasteiger partial charge in [0, 0.05) is 19.2 Å². The zero-order chi connectivity index (χ0) is 15.6. The number of benzene rings is 1. The van der Waals surface area contributed by atoms with E-state index in [4.69, 9.17) is 0 Å². The van der Waals surface area contributed by atoms with Crippen molar-refractivity contribution in [2.24, 2.45) is 5.41 Å². The van der Waals surface area contributed by atoms with Gasteiger partial charge in [0.15, 0.2) is 0 Å². The van der Waals surface area contributed by atoms with Crippen molar-refractivity contribution in [1.82, 2.24) is 4.90 Å². The molecule has 114 valence electrons. The highest BCUT2D eigenvalue weighted by molar-refractivity contribution is 9.10. The molecule has 0 aromatic heterocycles. The minimum absolute atomic E-state index is 0.0329. The largest absolute Gasteiger partial charge is 0.481 e. The Kier molecular flexibility index (Phi) is 4.63. The van der Waals surface area contributed by atoms with Gasteiger partial charge in [-0.15, -0.1) is 0 Å². The molecule has 1 aliphatic heterocycles. The summed E-state index contributed by atoms with van der Waals surface area (Å²) < 4.78 is 0.470. The lowest BCUT2D eigenvalue weighted by molar-refractivity contribution is -0.385. The number of likely N-dealkylation sites (tertiary alicyclic amines) is 1. The van der Waals surface area contributed by atoms with Crippen molar-refractivity contribution < 1.29 is 14.8 Å². The minimum atomic E-state index is -0.787. The molecule has 1 heterocycles. The van der Waals surface area contributed by atoms with Crippen molar-refractivity contribution >= 4 is 27.6 Å². The number of halogens is 1. The van der Waals surface area contributed by atoms with Crippen LogP contribution in [0.3, 0.4) is 0 Å². The third kappa shape index (κ3) is 3.41. The topological polar surface area (TPSA) is 83.7 Å². The molecule has 1 aromatic carbocycles. The molecule has 0 amide bonds. The van der Waals surface area contributed by atoms with Gasteiger partial charge in [-0.2, -0.15) is 0 Å². The highest BCUT2D eigenvalue weighted by atomic mass is 79.9. The van der Waals surface area contributed by atoms with E-state index in [1.807, 2.05) is 11.0 Å². The molecular weight excluding hydrogens is 340 g/mol. The van der Waals surface area contributed by atoms with Crippen LogP contribution in [-0.2, 0) is 11.3 Å². The van der Waals surface area contributed by atoms with Crippen LogP contribution >= 0.6 is 15.9 Å². The zero-order valence-electron chi connectivity index (χ0n) is 11.7. The zero-order valence-corrected chi connectivity index (χ0v) is 13.3. The Hall–Kier alpha value is -1.47. The van der Waals surface area contributed by atoms with E-state index in [0.29, 0.717) is 24.0 Å². The van der Waals surface area contributed by atoms with Gasteiger partial charge in [0.1, 0.15) is 0 Å². The molecule has 0 radical (unpaired) electrons. The molecule has 1 fully saturated rings. The van der Waals surface area contributed by atoms with E-state index in [2.05, 4.69) is 15.9 Å². The highest BCUT2D eigenvalue weighted by Gasteiger charge is 2.37. The number of aliphatic carboxylic acids is 1. The molecule has 7 heteroatoms. The molecule has 6 nitrogen and oxygen atoms in total. The summed E-state index contributed by atoms with van der Waals surface area (Å²) in [5.74, 6) is -0.787. The first-order valence-electron chi connectivity index (χ1n) is 6.71. The summed E-state index contributed by atoms with van der Waals surface area (Å²) in [5.41, 5.74) is 0.0928. The van der Waals surface area contributed by atoms with Crippen LogP contribution in [0.15, 0.2) is 22.7 Å². The molecule has 1 aromatic rings. The third-order valence-electron chi connectivity index (χ3n) is 3.94. The number of carboxylic acids is 1. The molecule has 1 N–H and O–H groups in total. The first-order chi connectivity index (χ1) is 9.83. The fourth-order valence-corrected chi connectivity index (χ4v) is 3.26. The minimum Gasteiger partial charge on any atom is -0.481 e. The van der Waals surface area contributed by atoms with Crippen LogP contribution in [0.4, 0.5) is 5.69 Å². The predicted molar refractivity (Wildman–Crippen MR) is 81.1 cm³/mol. The van der Waals surface area contributed by atoms with Crippen LogP contribution in [0.1, 0.15) is 25.3 Å². The second kappa shape index (κ2) is 6.11. The first-order valence-corrected chi connectivity index (χ1v) is 7.50. The van der Waals surface area contributed by atoms with E-state index in [0.717, 1.165) is 18.5 Å². The second-order valence-corrected chi connectivity index (χ2v) is 6.48. The Morgan fingerprint density at radius 1 is 1.57 bits per heavy atom. The van der Waals surface area contributed by atoms with E-state index in [1.165, 1.54) is 6.07 Å². The standard InChI is InChI=1S/C14H17BrN2O4/c1-14(13(18)19)6-3-7-16(9-14)8-10-4-2-5-11(12(10)15)17(20)21/h2,4-5H,3,6-9H2,1H3,(H,18,19). The van der Waals surface area contributed by atoms with Crippen molar-refractivity contribution in [3.8, 4) is 0 Å². The van der Waals surface area contributed by atoms with Crippen molar-refractivity contribution in [3.05, 3.63) is 38.3 Å². The lowest BCUT2D eigenvalue weighted by Crippen LogP contribution is -2.45. The number of nitrogens with zero attached hydrogens (tertiary/aromatic N) is 2. The lowest BCUT2D eigenvalue weighted by atomic mass is 9.82. The smallest absolute Gasteiger partial charge is 0.310 e. The quantitative estimate of drug-likeness (QED) is 0.661. The number of carboxylic acid groups (broad SMARTS) is 1. The Bertz CT molecular complexity index is 578. The SMILES string of the molecule is CC1(C(=O)O)CCCN(Cc2cccc([N+](=O)[O-])c2Br)C1. The lowest BCUT2D eigenvalue weighted by Gasteiger charge is -2.37. The van der Waals surface area contributed by atoms with Crippen molar-refractivity contribution in [2.45, 2.75) is 26.3 Å². The molecule has 0 bridgehead atoms. The van der Waals surface area contributed by atoms with Gasteiger partial charge in [-0.25, -0.2) is 0 Å². The number of hydrogen-bond donors (Lipinski definition) is 1. The van der Waals surface area contributed by atoms with Crippen molar-refractivity contribution in [3.63, 3.8) is 0 Å². The summed E-state index contributed by atoms with van der Waals surface area (Å²) >= 11 is 3.28. The maximum atomic E-state index is 11.4. The van der Waals surface area contributed by atoms with Crippen LogP contribution in [0.2, 0.25) is 0 Å². The summed E-state index contributed by atoms with van der Waals surface area (Å²) in [6, 6.07) is 4.92. The molecule has 1 saturated heterocycles. The fourth-order valence-electron chi connectivity index (χ4n) is 2.72. The van der Waals surface area contributed by atoms with E-state index >= 15 is 0 Å². The Balaban J connectivity index is 2.17. The van der Waals surface area contributed by atoms with E-state index in [-0.39, 0.29) is 5.69 Å². The Labute approximate surface area is 131 Å². The number of rotatable bonds is 4. The van der Waals surface area contributed by atoms with Crippen LogP contribution in [-0.4, -0.2) is 34.0 Å². The maximum Gasteiger partial charge on any atom is 0.310 e. The molecule has 0 saturated carbocycles. The molecule has 21 heavy (non-hydrogen) atoms. The summed E-state index contributed by atoms with van der Waals surface area (Å²) in [6.45, 7) is 3.52. The van der Waals surface area contributed by atoms with Gasteiger partial charge in [0.05, 0.1) is 14.8 Å². The van der Waals surface area contributed by atoms with Crippen LogP contribution < -0.4 is 0 Å². The molecule has 0 spiro atoms. The Morgan fingerprint density at radius 2 is 2.29 bits per heavy atom. The molecule has 1 atom stereocenters. The van der Waals surface area contributed by atoms with E-state index in [9.17, 15) is 20.0 Å². The molecular formula is C14H17BrN2O4. The van der Waals surface area contributed by atoms with Gasteiger partial charge in [0.2, 0.25) is 0 Å².